The predicted molar refractivity (Wildman–Crippen MR) is 81.6 cm³/mol. The number of aromatic nitrogens is 2. The fourth-order valence-electron chi connectivity index (χ4n) is 2.54. The summed E-state index contributed by atoms with van der Waals surface area (Å²) < 4.78 is 13.2. The lowest BCUT2D eigenvalue weighted by Gasteiger charge is -2.04. The lowest BCUT2D eigenvalue weighted by molar-refractivity contribution is 0.251. The highest BCUT2D eigenvalue weighted by atomic mass is 32.1. The van der Waals surface area contributed by atoms with Crippen molar-refractivity contribution in [2.75, 3.05) is 5.32 Å². The Morgan fingerprint density at radius 3 is 2.95 bits per heavy atom. The van der Waals surface area contributed by atoms with Gasteiger partial charge in [0.25, 0.3) is 0 Å². The number of hydrogen-bond donors (Lipinski definition) is 2. The van der Waals surface area contributed by atoms with Crippen molar-refractivity contribution >= 4 is 22.5 Å². The molecule has 1 heterocycles. The molecule has 2 aliphatic rings. The van der Waals surface area contributed by atoms with Crippen molar-refractivity contribution in [2.45, 2.75) is 37.1 Å². The molecule has 2 atom stereocenters. The normalized spacial score (nSPS) is 23.1. The quantitative estimate of drug-likeness (QED) is 0.909. The van der Waals surface area contributed by atoms with Crippen LogP contribution in [0.2, 0.25) is 0 Å². The number of urea groups is 1. The first kappa shape index (κ1) is 13.6. The minimum Gasteiger partial charge on any atom is -0.334 e. The third kappa shape index (κ3) is 2.94. The van der Waals surface area contributed by atoms with E-state index in [-0.39, 0.29) is 23.8 Å². The Bertz CT molecular complexity index is 715. The maximum atomic E-state index is 13.2. The summed E-state index contributed by atoms with van der Waals surface area (Å²) in [7, 11) is 0. The Kier molecular flexibility index (Phi) is 3.29. The van der Waals surface area contributed by atoms with Crippen LogP contribution in [0.4, 0.5) is 14.3 Å². The standard InChI is InChI=1S/C15H15FN4OS/c16-10-3-1-2-9(6-10)11-7-12(11)17-14(21)18-15-20-19-13(22-15)8-4-5-8/h1-3,6,8,11-12H,4-5,7H2,(H2,17,18,20,21)/t11-,12-/m0/s1. The molecule has 22 heavy (non-hydrogen) atoms. The smallest absolute Gasteiger partial charge is 0.321 e. The Labute approximate surface area is 131 Å². The number of rotatable bonds is 4. The third-order valence-corrected chi connectivity index (χ3v) is 4.97. The van der Waals surface area contributed by atoms with Crippen LogP contribution in [-0.2, 0) is 0 Å². The highest BCUT2D eigenvalue weighted by Crippen LogP contribution is 2.42. The van der Waals surface area contributed by atoms with Crippen LogP contribution in [0.3, 0.4) is 0 Å². The fraction of sp³-hybridized carbons (Fsp3) is 0.400. The van der Waals surface area contributed by atoms with Crippen molar-refractivity contribution < 1.29 is 9.18 Å². The number of carbonyl (C=O) groups excluding carboxylic acids is 1. The molecule has 4 rings (SSSR count). The summed E-state index contributed by atoms with van der Waals surface area (Å²) in [4.78, 5) is 11.9. The van der Waals surface area contributed by atoms with E-state index in [2.05, 4.69) is 20.8 Å². The highest BCUT2D eigenvalue weighted by Gasteiger charge is 2.39. The van der Waals surface area contributed by atoms with E-state index in [1.807, 2.05) is 6.07 Å². The van der Waals surface area contributed by atoms with Gasteiger partial charge in [-0.2, -0.15) is 0 Å². The molecule has 114 valence electrons. The van der Waals surface area contributed by atoms with Crippen molar-refractivity contribution in [3.8, 4) is 0 Å². The molecule has 1 aromatic heterocycles. The van der Waals surface area contributed by atoms with Crippen LogP contribution in [0, 0.1) is 5.82 Å². The molecule has 2 saturated carbocycles. The second kappa shape index (κ2) is 5.31. The van der Waals surface area contributed by atoms with E-state index in [1.54, 1.807) is 6.07 Å². The maximum Gasteiger partial charge on any atom is 0.321 e. The van der Waals surface area contributed by atoms with Gasteiger partial charge in [-0.05, 0) is 37.0 Å². The molecular formula is C15H15FN4OS. The van der Waals surface area contributed by atoms with Gasteiger partial charge in [0.05, 0.1) is 0 Å². The Balaban J connectivity index is 1.31. The second-order valence-corrected chi connectivity index (χ2v) is 6.83. The number of carbonyl (C=O) groups is 1. The lowest BCUT2D eigenvalue weighted by Crippen LogP contribution is -2.31. The summed E-state index contributed by atoms with van der Waals surface area (Å²) in [6, 6.07) is 6.31. The first-order valence-corrected chi connectivity index (χ1v) is 8.17. The zero-order chi connectivity index (χ0) is 15.1. The van der Waals surface area contributed by atoms with Gasteiger partial charge in [-0.15, -0.1) is 10.2 Å². The molecular weight excluding hydrogens is 303 g/mol. The second-order valence-electron chi connectivity index (χ2n) is 5.82. The number of nitrogens with zero attached hydrogens (tertiary/aromatic N) is 2. The number of hydrogen-bond acceptors (Lipinski definition) is 4. The molecule has 0 saturated heterocycles. The van der Waals surface area contributed by atoms with Crippen molar-refractivity contribution in [3.63, 3.8) is 0 Å². The van der Waals surface area contributed by atoms with E-state index in [0.717, 1.165) is 29.8 Å². The van der Waals surface area contributed by atoms with Crippen LogP contribution < -0.4 is 10.6 Å². The number of anilines is 1. The molecule has 2 aliphatic carbocycles. The first-order chi connectivity index (χ1) is 10.7. The molecule has 0 unspecified atom stereocenters. The summed E-state index contributed by atoms with van der Waals surface area (Å²) in [5.41, 5.74) is 0.928. The molecule has 2 fully saturated rings. The van der Waals surface area contributed by atoms with Crippen LogP contribution in [0.15, 0.2) is 24.3 Å². The van der Waals surface area contributed by atoms with Crippen LogP contribution in [0.5, 0.6) is 0 Å². The SMILES string of the molecule is O=C(Nc1nnc(C2CC2)s1)N[C@H]1C[C@H]1c1cccc(F)c1. The van der Waals surface area contributed by atoms with Gasteiger partial charge in [-0.3, -0.25) is 5.32 Å². The number of halogens is 1. The molecule has 5 nitrogen and oxygen atoms in total. The summed E-state index contributed by atoms with van der Waals surface area (Å²) in [5.74, 6) is 0.490. The van der Waals surface area contributed by atoms with Crippen LogP contribution in [-0.4, -0.2) is 22.3 Å². The van der Waals surface area contributed by atoms with E-state index >= 15 is 0 Å². The van der Waals surface area contributed by atoms with Gasteiger partial charge < -0.3 is 5.32 Å². The largest absolute Gasteiger partial charge is 0.334 e. The van der Waals surface area contributed by atoms with Gasteiger partial charge in [0, 0.05) is 17.9 Å². The molecule has 1 aromatic carbocycles. The zero-order valence-corrected chi connectivity index (χ0v) is 12.6. The molecule has 2 N–H and O–H groups in total. The lowest BCUT2D eigenvalue weighted by atomic mass is 10.1. The van der Waals surface area contributed by atoms with Gasteiger partial charge in [-0.25, -0.2) is 9.18 Å². The Morgan fingerprint density at radius 1 is 1.32 bits per heavy atom. The molecule has 0 aliphatic heterocycles. The predicted octanol–water partition coefficient (Wildman–Crippen LogP) is 3.23. The average Bonchev–Trinajstić information content (AvgIpc) is 3.40. The third-order valence-electron chi connectivity index (χ3n) is 3.97. The number of benzene rings is 1. The Hall–Kier alpha value is -2.02. The molecule has 0 spiro atoms. The molecule has 0 radical (unpaired) electrons. The highest BCUT2D eigenvalue weighted by molar-refractivity contribution is 7.15. The summed E-state index contributed by atoms with van der Waals surface area (Å²) >= 11 is 1.43. The fourth-order valence-corrected chi connectivity index (χ4v) is 3.45. The summed E-state index contributed by atoms with van der Waals surface area (Å²) in [6.45, 7) is 0. The van der Waals surface area contributed by atoms with Gasteiger partial charge in [-0.1, -0.05) is 23.5 Å². The summed E-state index contributed by atoms with van der Waals surface area (Å²) in [6.07, 6.45) is 3.16. The average molecular weight is 318 g/mol. The van der Waals surface area contributed by atoms with Crippen molar-refractivity contribution in [2.24, 2.45) is 0 Å². The molecule has 2 aromatic rings. The first-order valence-electron chi connectivity index (χ1n) is 7.35. The minimum atomic E-state index is -0.276. The van der Waals surface area contributed by atoms with Crippen LogP contribution in [0.1, 0.15) is 41.7 Å². The number of nitrogens with one attached hydrogen (secondary N) is 2. The van der Waals surface area contributed by atoms with Crippen molar-refractivity contribution in [1.82, 2.24) is 15.5 Å². The van der Waals surface area contributed by atoms with E-state index in [9.17, 15) is 9.18 Å². The van der Waals surface area contributed by atoms with Gasteiger partial charge in [0.15, 0.2) is 0 Å². The monoisotopic (exact) mass is 318 g/mol. The van der Waals surface area contributed by atoms with E-state index in [1.165, 1.54) is 23.5 Å². The topological polar surface area (TPSA) is 66.9 Å². The van der Waals surface area contributed by atoms with E-state index in [0.29, 0.717) is 11.0 Å². The van der Waals surface area contributed by atoms with E-state index < -0.39 is 0 Å². The summed E-state index contributed by atoms with van der Waals surface area (Å²) in [5, 5.41) is 15.2. The minimum absolute atomic E-state index is 0.0534. The van der Waals surface area contributed by atoms with Gasteiger partial charge in [0.1, 0.15) is 10.8 Å². The van der Waals surface area contributed by atoms with Gasteiger partial charge in [0.2, 0.25) is 5.13 Å². The molecule has 2 amide bonds. The Morgan fingerprint density at radius 2 is 2.18 bits per heavy atom. The molecule has 7 heteroatoms. The van der Waals surface area contributed by atoms with Crippen LogP contribution in [0.25, 0.3) is 0 Å². The van der Waals surface area contributed by atoms with Crippen LogP contribution >= 0.6 is 11.3 Å². The molecule has 0 bridgehead atoms. The van der Waals surface area contributed by atoms with Crippen molar-refractivity contribution in [1.29, 1.82) is 0 Å². The van der Waals surface area contributed by atoms with Gasteiger partial charge >= 0.3 is 6.03 Å². The number of amides is 2. The van der Waals surface area contributed by atoms with E-state index in [4.69, 9.17) is 0 Å². The maximum absolute atomic E-state index is 13.2. The zero-order valence-electron chi connectivity index (χ0n) is 11.8. The van der Waals surface area contributed by atoms with Crippen molar-refractivity contribution in [3.05, 3.63) is 40.7 Å².